The number of thioether (sulfide) groups is 1. The molecule has 0 atom stereocenters. The highest BCUT2D eigenvalue weighted by atomic mass is 32.2. The summed E-state index contributed by atoms with van der Waals surface area (Å²) in [5.41, 5.74) is 5.06. The molecule has 1 N–H and O–H groups in total. The van der Waals surface area contributed by atoms with Crippen molar-refractivity contribution in [3.63, 3.8) is 0 Å². The summed E-state index contributed by atoms with van der Waals surface area (Å²) in [6.07, 6.45) is 0. The zero-order valence-corrected chi connectivity index (χ0v) is 18.6. The maximum Gasteiger partial charge on any atom is 0.268 e. The lowest BCUT2D eigenvalue weighted by Crippen LogP contribution is -2.09. The summed E-state index contributed by atoms with van der Waals surface area (Å²) in [6, 6.07) is 18.2. The first-order valence-electron chi connectivity index (χ1n) is 9.78. The zero-order valence-electron chi connectivity index (χ0n) is 17.0. The number of rotatable bonds is 5. The lowest BCUT2D eigenvalue weighted by atomic mass is 10.1. The second-order valence-electron chi connectivity index (χ2n) is 7.21. The number of fused-ring (bicyclic) bond motifs is 1. The summed E-state index contributed by atoms with van der Waals surface area (Å²) in [4.78, 5) is 19.8. The van der Waals surface area contributed by atoms with Gasteiger partial charge < -0.3 is 4.98 Å². The Labute approximate surface area is 187 Å². The summed E-state index contributed by atoms with van der Waals surface area (Å²) in [5.74, 6) is 1.89. The Kier molecular flexibility index (Phi) is 5.17. The molecular weight excluding hydrogens is 426 g/mol. The molecule has 0 saturated heterocycles. The molecule has 0 spiro atoms. The van der Waals surface area contributed by atoms with E-state index in [9.17, 15) is 4.79 Å². The van der Waals surface area contributed by atoms with Crippen LogP contribution in [0.1, 0.15) is 17.0 Å². The fourth-order valence-corrected chi connectivity index (χ4v) is 4.91. The van der Waals surface area contributed by atoms with Crippen LogP contribution in [0, 0.1) is 13.8 Å². The lowest BCUT2D eigenvalue weighted by Gasteiger charge is -2.12. The van der Waals surface area contributed by atoms with Crippen LogP contribution in [-0.2, 0) is 5.75 Å². The van der Waals surface area contributed by atoms with Crippen LogP contribution in [0.3, 0.4) is 0 Å². The van der Waals surface area contributed by atoms with Gasteiger partial charge in [-0.05, 0) is 48.6 Å². The molecule has 0 saturated carbocycles. The monoisotopic (exact) mass is 445 g/mol. The SMILES string of the molecule is Cc1ccc(-n2c(SCc3nc4ccsc4c(=O)[nH]3)nnc2-c2ccccc2)cc1C. The van der Waals surface area contributed by atoms with Gasteiger partial charge in [-0.25, -0.2) is 4.98 Å². The van der Waals surface area contributed by atoms with Gasteiger partial charge in [-0.2, -0.15) is 0 Å². The molecule has 6 nitrogen and oxygen atoms in total. The molecule has 5 rings (SSSR count). The van der Waals surface area contributed by atoms with Gasteiger partial charge in [0.2, 0.25) is 0 Å². The Morgan fingerprint density at radius 2 is 1.87 bits per heavy atom. The van der Waals surface area contributed by atoms with Gasteiger partial charge >= 0.3 is 0 Å². The number of benzene rings is 2. The number of aromatic nitrogens is 5. The van der Waals surface area contributed by atoms with E-state index in [0.29, 0.717) is 16.3 Å². The lowest BCUT2D eigenvalue weighted by molar-refractivity contribution is 0.881. The molecule has 5 aromatic rings. The van der Waals surface area contributed by atoms with E-state index in [1.165, 1.54) is 34.2 Å². The minimum absolute atomic E-state index is 0.101. The zero-order chi connectivity index (χ0) is 21.4. The van der Waals surface area contributed by atoms with Crippen LogP contribution >= 0.6 is 23.1 Å². The third-order valence-corrected chi connectivity index (χ3v) is 6.96. The van der Waals surface area contributed by atoms with Crippen LogP contribution in [0.15, 0.2) is 69.9 Å². The van der Waals surface area contributed by atoms with E-state index < -0.39 is 0 Å². The summed E-state index contributed by atoms with van der Waals surface area (Å²) in [7, 11) is 0. The van der Waals surface area contributed by atoms with Crippen molar-refractivity contribution in [2.75, 3.05) is 0 Å². The van der Waals surface area contributed by atoms with Gasteiger partial charge in [0.1, 0.15) is 10.5 Å². The maximum absolute atomic E-state index is 12.3. The molecule has 0 radical (unpaired) electrons. The van der Waals surface area contributed by atoms with Gasteiger partial charge in [0, 0.05) is 5.56 Å². The highest BCUT2D eigenvalue weighted by molar-refractivity contribution is 7.98. The van der Waals surface area contributed by atoms with Crippen LogP contribution in [0.2, 0.25) is 0 Å². The second-order valence-corrected chi connectivity index (χ2v) is 9.07. The number of nitrogens with one attached hydrogen (secondary N) is 1. The van der Waals surface area contributed by atoms with Gasteiger partial charge in [-0.1, -0.05) is 48.2 Å². The van der Waals surface area contributed by atoms with E-state index in [2.05, 4.69) is 56.8 Å². The number of hydrogen-bond acceptors (Lipinski definition) is 6. The molecule has 0 fully saturated rings. The Morgan fingerprint density at radius 1 is 1.03 bits per heavy atom. The van der Waals surface area contributed by atoms with E-state index in [1.54, 1.807) is 0 Å². The third-order valence-electron chi connectivity index (χ3n) is 5.12. The van der Waals surface area contributed by atoms with Gasteiger partial charge in [-0.15, -0.1) is 21.5 Å². The molecule has 2 aromatic carbocycles. The van der Waals surface area contributed by atoms with E-state index in [4.69, 9.17) is 0 Å². The first-order chi connectivity index (χ1) is 15.1. The van der Waals surface area contributed by atoms with Crippen molar-refractivity contribution in [3.8, 4) is 17.1 Å². The Balaban J connectivity index is 1.55. The van der Waals surface area contributed by atoms with Crippen molar-refractivity contribution >= 4 is 33.3 Å². The highest BCUT2D eigenvalue weighted by Gasteiger charge is 2.17. The Bertz CT molecular complexity index is 1440. The van der Waals surface area contributed by atoms with Crippen molar-refractivity contribution < 1.29 is 0 Å². The molecule has 0 unspecified atom stereocenters. The van der Waals surface area contributed by atoms with Crippen molar-refractivity contribution in [3.05, 3.63) is 87.3 Å². The fourth-order valence-electron chi connectivity index (χ4n) is 3.36. The third kappa shape index (κ3) is 3.80. The molecular formula is C23H19N5OS2. The normalized spacial score (nSPS) is 11.3. The van der Waals surface area contributed by atoms with Crippen molar-refractivity contribution in [2.24, 2.45) is 0 Å². The number of hydrogen-bond donors (Lipinski definition) is 1. The van der Waals surface area contributed by atoms with E-state index in [-0.39, 0.29) is 5.56 Å². The quantitative estimate of drug-likeness (QED) is 0.379. The molecule has 0 aliphatic heterocycles. The van der Waals surface area contributed by atoms with E-state index >= 15 is 0 Å². The first kappa shape index (κ1) is 19.7. The van der Waals surface area contributed by atoms with Gasteiger partial charge in [0.15, 0.2) is 11.0 Å². The van der Waals surface area contributed by atoms with Crippen LogP contribution in [-0.4, -0.2) is 24.7 Å². The first-order valence-corrected chi connectivity index (χ1v) is 11.6. The van der Waals surface area contributed by atoms with Gasteiger partial charge in [-0.3, -0.25) is 9.36 Å². The van der Waals surface area contributed by atoms with Crippen molar-refractivity contribution in [1.29, 1.82) is 0 Å². The molecule has 0 aliphatic carbocycles. The van der Waals surface area contributed by atoms with Crippen molar-refractivity contribution in [2.45, 2.75) is 24.8 Å². The molecule has 31 heavy (non-hydrogen) atoms. The molecule has 0 aliphatic rings. The smallest absolute Gasteiger partial charge is 0.268 e. The van der Waals surface area contributed by atoms with Crippen LogP contribution in [0.4, 0.5) is 0 Å². The Morgan fingerprint density at radius 3 is 2.68 bits per heavy atom. The predicted octanol–water partition coefficient (Wildman–Crippen LogP) is 5.14. The summed E-state index contributed by atoms with van der Waals surface area (Å²) in [5, 5.41) is 11.6. The maximum atomic E-state index is 12.3. The molecule has 0 amide bonds. The second kappa shape index (κ2) is 8.13. The number of H-pyrrole nitrogens is 1. The standard InChI is InChI=1S/C23H19N5OS2/c1-14-8-9-17(12-15(14)2)28-21(16-6-4-3-5-7-16)26-27-23(28)31-13-19-24-18-10-11-30-20(18)22(29)25-19/h3-12H,13H2,1-2H3,(H,24,25,29). The molecule has 3 aromatic heterocycles. The van der Waals surface area contributed by atoms with Crippen molar-refractivity contribution in [1.82, 2.24) is 24.7 Å². The number of aromatic amines is 1. The fraction of sp³-hybridized carbons (Fsp3) is 0.130. The Hall–Kier alpha value is -3.23. The number of thiophene rings is 1. The highest BCUT2D eigenvalue weighted by Crippen LogP contribution is 2.30. The molecule has 0 bridgehead atoms. The van der Waals surface area contributed by atoms with E-state index in [1.807, 2.05) is 41.8 Å². The summed E-state index contributed by atoms with van der Waals surface area (Å²) < 4.78 is 2.71. The minimum Gasteiger partial charge on any atom is -0.309 e. The summed E-state index contributed by atoms with van der Waals surface area (Å²) >= 11 is 2.90. The van der Waals surface area contributed by atoms with Gasteiger partial charge in [0.25, 0.3) is 5.56 Å². The molecule has 8 heteroatoms. The molecule has 154 valence electrons. The average molecular weight is 446 g/mol. The molecule has 3 heterocycles. The van der Waals surface area contributed by atoms with E-state index in [0.717, 1.165) is 27.7 Å². The topological polar surface area (TPSA) is 76.5 Å². The largest absolute Gasteiger partial charge is 0.309 e. The summed E-state index contributed by atoms with van der Waals surface area (Å²) in [6.45, 7) is 4.20. The van der Waals surface area contributed by atoms with Crippen LogP contribution in [0.25, 0.3) is 27.3 Å². The van der Waals surface area contributed by atoms with Crippen LogP contribution < -0.4 is 5.56 Å². The van der Waals surface area contributed by atoms with Crippen LogP contribution in [0.5, 0.6) is 0 Å². The number of aryl methyl sites for hydroxylation is 2. The predicted molar refractivity (Wildman–Crippen MR) is 126 cm³/mol. The minimum atomic E-state index is -0.101. The van der Waals surface area contributed by atoms with Gasteiger partial charge in [0.05, 0.1) is 17.0 Å². The number of nitrogens with zero attached hydrogens (tertiary/aromatic N) is 4. The average Bonchev–Trinajstić information content (AvgIpc) is 3.42.